The van der Waals surface area contributed by atoms with Gasteiger partial charge in [-0.15, -0.1) is 21.5 Å². The zero-order chi connectivity index (χ0) is 21.0. The van der Waals surface area contributed by atoms with Gasteiger partial charge in [0.2, 0.25) is 11.7 Å². The van der Waals surface area contributed by atoms with Crippen molar-refractivity contribution in [3.05, 3.63) is 88.6 Å². The molecule has 9 heteroatoms. The molecule has 0 amide bonds. The Balaban J connectivity index is 1.43. The highest BCUT2D eigenvalue weighted by Crippen LogP contribution is 2.31. The molecule has 0 aliphatic heterocycles. The summed E-state index contributed by atoms with van der Waals surface area (Å²) >= 11 is 9.53. The van der Waals surface area contributed by atoms with Crippen molar-refractivity contribution in [1.29, 1.82) is 0 Å². The molecule has 3 aromatic heterocycles. The van der Waals surface area contributed by atoms with Gasteiger partial charge in [0.15, 0.2) is 11.0 Å². The minimum absolute atomic E-state index is 0.494. The van der Waals surface area contributed by atoms with Crippen LogP contribution >= 0.6 is 34.7 Å². The zero-order valence-corrected chi connectivity index (χ0v) is 18.6. The van der Waals surface area contributed by atoms with E-state index in [4.69, 9.17) is 16.1 Å². The average Bonchev–Trinajstić information content (AvgIpc) is 3.55. The third-order valence-corrected chi connectivity index (χ3v) is 6.70. The van der Waals surface area contributed by atoms with Crippen LogP contribution in [0.5, 0.6) is 0 Å². The van der Waals surface area contributed by atoms with Crippen molar-refractivity contribution >= 4 is 34.7 Å². The maximum atomic E-state index is 6.45. The number of rotatable bonds is 7. The number of thiophene rings is 1. The molecule has 0 radical (unpaired) electrons. The van der Waals surface area contributed by atoms with E-state index in [9.17, 15) is 0 Å². The molecule has 0 spiro atoms. The molecule has 0 saturated heterocycles. The van der Waals surface area contributed by atoms with Crippen molar-refractivity contribution in [2.45, 2.75) is 17.5 Å². The molecule has 0 fully saturated rings. The summed E-state index contributed by atoms with van der Waals surface area (Å²) in [6, 6.07) is 21.8. The maximum Gasteiger partial charge on any atom is 0.237 e. The smallest absolute Gasteiger partial charge is 0.237 e. The minimum atomic E-state index is 0.494. The van der Waals surface area contributed by atoms with Gasteiger partial charge in [-0.25, -0.2) is 0 Å². The Morgan fingerprint density at radius 1 is 0.968 bits per heavy atom. The van der Waals surface area contributed by atoms with Crippen LogP contribution in [-0.4, -0.2) is 24.9 Å². The lowest BCUT2D eigenvalue weighted by Crippen LogP contribution is -2.04. The molecule has 0 bridgehead atoms. The molecular weight excluding hydrogens is 450 g/mol. The van der Waals surface area contributed by atoms with Crippen molar-refractivity contribution in [2.75, 3.05) is 0 Å². The number of thioether (sulfide) groups is 1. The van der Waals surface area contributed by atoms with Gasteiger partial charge in [-0.3, -0.25) is 4.57 Å². The monoisotopic (exact) mass is 465 g/mol. The third kappa shape index (κ3) is 4.41. The summed E-state index contributed by atoms with van der Waals surface area (Å²) < 4.78 is 7.49. The number of hydrogen-bond donors (Lipinski definition) is 0. The fourth-order valence-corrected chi connectivity index (χ4v) is 4.74. The van der Waals surface area contributed by atoms with Gasteiger partial charge in [0.25, 0.3) is 0 Å². The van der Waals surface area contributed by atoms with Gasteiger partial charge in [-0.2, -0.15) is 4.98 Å². The molecule has 0 atom stereocenters. The molecule has 5 rings (SSSR count). The molecule has 0 unspecified atom stereocenters. The highest BCUT2D eigenvalue weighted by atomic mass is 35.5. The minimum Gasteiger partial charge on any atom is -0.338 e. The molecule has 0 saturated carbocycles. The van der Waals surface area contributed by atoms with E-state index in [2.05, 4.69) is 37.0 Å². The van der Waals surface area contributed by atoms with E-state index in [-0.39, 0.29) is 0 Å². The van der Waals surface area contributed by atoms with Crippen LogP contribution in [0.1, 0.15) is 11.5 Å². The first-order valence-electron chi connectivity index (χ1n) is 9.49. The number of hydrogen-bond acceptors (Lipinski definition) is 7. The normalized spacial score (nSPS) is 11.1. The fraction of sp³-hybridized carbons (Fsp3) is 0.0909. The SMILES string of the molecule is Clc1ccccc1-c1nnc(SCc2nc(-c3cccs3)no2)n1Cc1ccccc1. The van der Waals surface area contributed by atoms with E-state index < -0.39 is 0 Å². The second-order valence-electron chi connectivity index (χ2n) is 6.64. The molecule has 31 heavy (non-hydrogen) atoms. The summed E-state index contributed by atoms with van der Waals surface area (Å²) in [6.45, 7) is 0.626. The van der Waals surface area contributed by atoms with Gasteiger partial charge in [-0.05, 0) is 29.1 Å². The summed E-state index contributed by atoms with van der Waals surface area (Å²) in [5.41, 5.74) is 1.99. The van der Waals surface area contributed by atoms with Crippen LogP contribution in [0.25, 0.3) is 22.1 Å². The molecule has 3 heterocycles. The highest BCUT2D eigenvalue weighted by molar-refractivity contribution is 7.98. The number of nitrogens with zero attached hydrogens (tertiary/aromatic N) is 5. The van der Waals surface area contributed by atoms with E-state index in [0.717, 1.165) is 27.0 Å². The van der Waals surface area contributed by atoms with Gasteiger partial charge < -0.3 is 4.52 Å². The molecule has 5 aromatic rings. The Morgan fingerprint density at radius 2 is 1.81 bits per heavy atom. The molecule has 0 aliphatic rings. The Hall–Kier alpha value is -2.94. The first-order valence-corrected chi connectivity index (χ1v) is 11.7. The van der Waals surface area contributed by atoms with Gasteiger partial charge in [-0.1, -0.05) is 77.1 Å². The number of benzene rings is 2. The van der Waals surface area contributed by atoms with Crippen LogP contribution in [0.3, 0.4) is 0 Å². The van der Waals surface area contributed by atoms with E-state index >= 15 is 0 Å². The van der Waals surface area contributed by atoms with Crippen molar-refractivity contribution < 1.29 is 4.52 Å². The molecular formula is C22H16ClN5OS2. The Bertz CT molecular complexity index is 1280. The van der Waals surface area contributed by atoms with E-state index in [1.807, 2.05) is 60.0 Å². The van der Waals surface area contributed by atoms with Gasteiger partial charge in [0, 0.05) is 5.56 Å². The molecule has 154 valence electrons. The number of aromatic nitrogens is 5. The van der Waals surface area contributed by atoms with E-state index in [0.29, 0.717) is 29.0 Å². The molecule has 2 aromatic carbocycles. The summed E-state index contributed by atoms with van der Waals surface area (Å²) in [6.07, 6.45) is 0. The first kappa shape index (κ1) is 20.0. The largest absolute Gasteiger partial charge is 0.338 e. The van der Waals surface area contributed by atoms with Crippen LogP contribution in [0.4, 0.5) is 0 Å². The predicted octanol–water partition coefficient (Wildman–Crippen LogP) is 6.05. The van der Waals surface area contributed by atoms with Crippen molar-refractivity contribution in [1.82, 2.24) is 24.9 Å². The lowest BCUT2D eigenvalue weighted by molar-refractivity contribution is 0.391. The zero-order valence-electron chi connectivity index (χ0n) is 16.2. The molecule has 0 N–H and O–H groups in total. The van der Waals surface area contributed by atoms with Crippen LogP contribution < -0.4 is 0 Å². The topological polar surface area (TPSA) is 69.6 Å². The van der Waals surface area contributed by atoms with E-state index in [1.54, 1.807) is 11.3 Å². The molecule has 0 aliphatic carbocycles. The Labute approximate surface area is 191 Å². The van der Waals surface area contributed by atoms with Gasteiger partial charge >= 0.3 is 0 Å². The van der Waals surface area contributed by atoms with E-state index in [1.165, 1.54) is 11.8 Å². The predicted molar refractivity (Wildman–Crippen MR) is 123 cm³/mol. The first-order chi connectivity index (χ1) is 15.3. The maximum absolute atomic E-state index is 6.45. The van der Waals surface area contributed by atoms with Crippen LogP contribution in [0.15, 0.2) is 81.8 Å². The Morgan fingerprint density at radius 3 is 2.61 bits per heavy atom. The Kier molecular flexibility index (Phi) is 5.84. The summed E-state index contributed by atoms with van der Waals surface area (Å²) in [7, 11) is 0. The second kappa shape index (κ2) is 9.05. The van der Waals surface area contributed by atoms with Crippen LogP contribution in [-0.2, 0) is 12.3 Å². The standard InChI is InChI=1S/C22H16ClN5OS2/c23-17-10-5-4-9-16(17)21-25-26-22(28(21)13-15-7-2-1-3-8-15)31-14-19-24-20(27-29-19)18-11-6-12-30-18/h1-12H,13-14H2. The van der Waals surface area contributed by atoms with Crippen LogP contribution in [0, 0.1) is 0 Å². The van der Waals surface area contributed by atoms with Crippen molar-refractivity contribution in [2.24, 2.45) is 0 Å². The third-order valence-electron chi connectivity index (χ3n) is 4.55. The lowest BCUT2D eigenvalue weighted by atomic mass is 10.2. The van der Waals surface area contributed by atoms with Gasteiger partial charge in [0.1, 0.15) is 0 Å². The van der Waals surface area contributed by atoms with Gasteiger partial charge in [0.05, 0.1) is 22.2 Å². The molecule has 6 nitrogen and oxygen atoms in total. The van der Waals surface area contributed by atoms with Crippen LogP contribution in [0.2, 0.25) is 5.02 Å². The quantitative estimate of drug-likeness (QED) is 0.272. The average molecular weight is 466 g/mol. The summed E-state index contributed by atoms with van der Waals surface area (Å²) in [4.78, 5) is 5.47. The highest BCUT2D eigenvalue weighted by Gasteiger charge is 2.18. The van der Waals surface area contributed by atoms with Crippen molar-refractivity contribution in [3.8, 4) is 22.1 Å². The fourth-order valence-electron chi connectivity index (χ4n) is 3.09. The lowest BCUT2D eigenvalue weighted by Gasteiger charge is -2.11. The second-order valence-corrected chi connectivity index (χ2v) is 8.93. The summed E-state index contributed by atoms with van der Waals surface area (Å²) in [5, 5.41) is 16.3. The number of halogens is 1. The van der Waals surface area contributed by atoms with Crippen molar-refractivity contribution in [3.63, 3.8) is 0 Å². The summed E-state index contributed by atoms with van der Waals surface area (Å²) in [5.74, 6) is 2.37.